The zero-order valence-corrected chi connectivity index (χ0v) is 15.4. The molecule has 0 radical (unpaired) electrons. The molecular weight excluding hydrogens is 366 g/mol. The first kappa shape index (κ1) is 18.4. The van der Waals surface area contributed by atoms with Crippen LogP contribution in [0.5, 0.6) is 0 Å². The van der Waals surface area contributed by atoms with Crippen LogP contribution < -0.4 is 5.43 Å². The highest BCUT2D eigenvalue weighted by Gasteiger charge is 2.14. The summed E-state index contributed by atoms with van der Waals surface area (Å²) < 4.78 is 5.10. The number of para-hydroxylation sites is 1. The fourth-order valence-corrected chi connectivity index (χ4v) is 3.08. The van der Waals surface area contributed by atoms with Crippen LogP contribution in [-0.2, 0) is 4.74 Å². The molecule has 1 aromatic heterocycles. The molecule has 0 saturated carbocycles. The zero-order chi connectivity index (χ0) is 20.2. The van der Waals surface area contributed by atoms with Gasteiger partial charge in [-0.15, -0.1) is 0 Å². The molecule has 1 heterocycles. The van der Waals surface area contributed by atoms with E-state index in [1.807, 2.05) is 42.5 Å². The molecule has 0 aliphatic carbocycles. The molecule has 4 rings (SSSR count). The predicted octanol–water partition coefficient (Wildman–Crippen LogP) is 4.23. The van der Waals surface area contributed by atoms with Gasteiger partial charge in [-0.1, -0.05) is 66.7 Å². The number of ether oxygens (including phenoxy) is 1. The van der Waals surface area contributed by atoms with Crippen molar-refractivity contribution in [1.82, 2.24) is 4.98 Å². The third kappa shape index (κ3) is 3.99. The molecule has 142 valence electrons. The van der Waals surface area contributed by atoms with E-state index in [0.717, 1.165) is 11.1 Å². The van der Waals surface area contributed by atoms with E-state index in [9.17, 15) is 14.4 Å². The summed E-state index contributed by atoms with van der Waals surface area (Å²) in [5.41, 5.74) is 2.76. The fourth-order valence-electron chi connectivity index (χ4n) is 3.08. The molecule has 4 aromatic rings. The fraction of sp³-hybridized carbons (Fsp3) is 0.0417. The van der Waals surface area contributed by atoms with Crippen molar-refractivity contribution >= 4 is 22.7 Å². The smallest absolute Gasteiger partial charge is 0.355 e. The summed E-state index contributed by atoms with van der Waals surface area (Å²) in [5, 5.41) is 0.485. The number of H-pyrrole nitrogens is 1. The van der Waals surface area contributed by atoms with E-state index in [0.29, 0.717) is 16.5 Å². The van der Waals surface area contributed by atoms with Crippen LogP contribution in [0.4, 0.5) is 0 Å². The molecule has 0 unspecified atom stereocenters. The Labute approximate surface area is 166 Å². The molecule has 0 atom stereocenters. The first-order valence-corrected chi connectivity index (χ1v) is 9.10. The minimum Gasteiger partial charge on any atom is -0.453 e. The van der Waals surface area contributed by atoms with E-state index in [1.54, 1.807) is 36.4 Å². The van der Waals surface area contributed by atoms with Crippen molar-refractivity contribution in [2.75, 3.05) is 6.61 Å². The standard InChI is InChI=1S/C24H17NO4/c26-22-14-21(25-20-9-5-4-8-19(20)22)24(28)29-15-23(27)18-12-10-17(11-13-18)16-6-2-1-3-7-16/h1-14H,15H2,(H,25,26). The van der Waals surface area contributed by atoms with Gasteiger partial charge in [0.05, 0.1) is 0 Å². The molecule has 0 bridgehead atoms. The second-order valence-corrected chi connectivity index (χ2v) is 6.54. The quantitative estimate of drug-likeness (QED) is 0.413. The number of carbonyl (C=O) groups is 2. The van der Waals surface area contributed by atoms with Crippen LogP contribution in [0.1, 0.15) is 20.8 Å². The summed E-state index contributed by atoms with van der Waals surface area (Å²) in [7, 11) is 0. The predicted molar refractivity (Wildman–Crippen MR) is 111 cm³/mol. The number of rotatable bonds is 5. The average molecular weight is 383 g/mol. The molecule has 0 aliphatic rings. The van der Waals surface area contributed by atoms with Crippen LogP contribution in [0.15, 0.2) is 89.7 Å². The molecule has 0 amide bonds. The Morgan fingerprint density at radius 1 is 0.793 bits per heavy atom. The maximum absolute atomic E-state index is 12.4. The largest absolute Gasteiger partial charge is 0.453 e. The van der Waals surface area contributed by atoms with Gasteiger partial charge in [-0.2, -0.15) is 0 Å². The first-order valence-electron chi connectivity index (χ1n) is 9.10. The summed E-state index contributed by atoms with van der Waals surface area (Å²) in [5.74, 6) is -1.07. The number of hydrogen-bond donors (Lipinski definition) is 1. The number of nitrogens with one attached hydrogen (secondary N) is 1. The highest BCUT2D eigenvalue weighted by Crippen LogP contribution is 2.19. The molecular formula is C24H17NO4. The maximum Gasteiger partial charge on any atom is 0.355 e. The van der Waals surface area contributed by atoms with Crippen LogP contribution in [0.3, 0.4) is 0 Å². The Morgan fingerprint density at radius 3 is 2.21 bits per heavy atom. The molecule has 29 heavy (non-hydrogen) atoms. The van der Waals surface area contributed by atoms with Gasteiger partial charge in [0.2, 0.25) is 0 Å². The maximum atomic E-state index is 12.4. The highest BCUT2D eigenvalue weighted by molar-refractivity contribution is 5.99. The molecule has 0 spiro atoms. The second kappa shape index (κ2) is 7.94. The molecule has 5 heteroatoms. The summed E-state index contributed by atoms with van der Waals surface area (Å²) >= 11 is 0. The van der Waals surface area contributed by atoms with Gasteiger partial charge in [0.15, 0.2) is 17.8 Å². The van der Waals surface area contributed by atoms with Crippen molar-refractivity contribution in [3.63, 3.8) is 0 Å². The van der Waals surface area contributed by atoms with Crippen molar-refractivity contribution in [1.29, 1.82) is 0 Å². The number of ketones is 1. The topological polar surface area (TPSA) is 76.2 Å². The Kier molecular flexibility index (Phi) is 5.03. The highest BCUT2D eigenvalue weighted by atomic mass is 16.5. The van der Waals surface area contributed by atoms with E-state index in [4.69, 9.17) is 4.74 Å². The SMILES string of the molecule is O=C(COC(=O)c1cc(=O)c2ccccc2[nH]1)c1ccc(-c2ccccc2)cc1. The van der Waals surface area contributed by atoms with E-state index >= 15 is 0 Å². The van der Waals surface area contributed by atoms with Gasteiger partial charge >= 0.3 is 5.97 Å². The number of aromatic amines is 1. The molecule has 5 nitrogen and oxygen atoms in total. The van der Waals surface area contributed by atoms with Gasteiger partial charge in [0.25, 0.3) is 0 Å². The van der Waals surface area contributed by atoms with Crippen LogP contribution in [0, 0.1) is 0 Å². The summed E-state index contributed by atoms with van der Waals surface area (Å²) in [6.45, 7) is -0.404. The number of pyridine rings is 1. The van der Waals surface area contributed by atoms with Gasteiger partial charge < -0.3 is 9.72 Å². The zero-order valence-electron chi connectivity index (χ0n) is 15.4. The molecule has 1 N–H and O–H groups in total. The minimum absolute atomic E-state index is 0.0147. The Hall–Kier alpha value is -3.99. The lowest BCUT2D eigenvalue weighted by Crippen LogP contribution is -2.17. The summed E-state index contributed by atoms with van der Waals surface area (Å²) in [4.78, 5) is 39.6. The van der Waals surface area contributed by atoms with Gasteiger partial charge in [0.1, 0.15) is 5.69 Å². The molecule has 0 saturated heterocycles. The van der Waals surface area contributed by atoms with Crippen molar-refractivity contribution in [3.05, 3.63) is 106 Å². The van der Waals surface area contributed by atoms with E-state index in [2.05, 4.69) is 4.98 Å². The van der Waals surface area contributed by atoms with E-state index < -0.39 is 12.6 Å². The monoisotopic (exact) mass is 383 g/mol. The van der Waals surface area contributed by atoms with Gasteiger partial charge in [-0.25, -0.2) is 4.79 Å². The van der Waals surface area contributed by atoms with Crippen molar-refractivity contribution in [2.24, 2.45) is 0 Å². The van der Waals surface area contributed by atoms with Crippen molar-refractivity contribution in [2.45, 2.75) is 0 Å². The lowest BCUT2D eigenvalue weighted by Gasteiger charge is -2.07. The summed E-state index contributed by atoms with van der Waals surface area (Å²) in [6, 6.07) is 25.0. The third-order valence-electron chi connectivity index (χ3n) is 4.61. The van der Waals surface area contributed by atoms with Crippen LogP contribution >= 0.6 is 0 Å². The lowest BCUT2D eigenvalue weighted by atomic mass is 10.0. The van der Waals surface area contributed by atoms with Crippen molar-refractivity contribution < 1.29 is 14.3 Å². The number of aromatic nitrogens is 1. The van der Waals surface area contributed by atoms with E-state index in [-0.39, 0.29) is 16.9 Å². The average Bonchev–Trinajstić information content (AvgIpc) is 2.78. The van der Waals surface area contributed by atoms with E-state index in [1.165, 1.54) is 6.07 Å². The number of esters is 1. The number of fused-ring (bicyclic) bond motifs is 1. The summed E-state index contributed by atoms with van der Waals surface area (Å²) in [6.07, 6.45) is 0. The number of hydrogen-bond acceptors (Lipinski definition) is 4. The normalized spacial score (nSPS) is 10.6. The van der Waals surface area contributed by atoms with Crippen LogP contribution in [0.25, 0.3) is 22.0 Å². The lowest BCUT2D eigenvalue weighted by molar-refractivity contribution is 0.0469. The Bertz CT molecular complexity index is 1240. The molecule has 3 aromatic carbocycles. The number of benzene rings is 3. The molecule has 0 fully saturated rings. The third-order valence-corrected chi connectivity index (χ3v) is 4.61. The molecule has 0 aliphatic heterocycles. The Morgan fingerprint density at radius 2 is 1.45 bits per heavy atom. The van der Waals surface area contributed by atoms with Gasteiger partial charge in [0, 0.05) is 22.5 Å². The van der Waals surface area contributed by atoms with Crippen molar-refractivity contribution in [3.8, 4) is 11.1 Å². The second-order valence-electron chi connectivity index (χ2n) is 6.54. The van der Waals surface area contributed by atoms with Gasteiger partial charge in [-0.3, -0.25) is 9.59 Å². The Balaban J connectivity index is 1.44. The van der Waals surface area contributed by atoms with Crippen LogP contribution in [0.2, 0.25) is 0 Å². The number of carbonyl (C=O) groups excluding carboxylic acids is 2. The van der Waals surface area contributed by atoms with Crippen LogP contribution in [-0.4, -0.2) is 23.3 Å². The first-order chi connectivity index (χ1) is 14.1. The van der Waals surface area contributed by atoms with Gasteiger partial charge in [-0.05, 0) is 23.3 Å². The minimum atomic E-state index is -0.748. The number of Topliss-reactive ketones (excluding diaryl/α,β-unsaturated/α-hetero) is 1.